The number of hydrogen-bond acceptors (Lipinski definition) is 5. The largest absolute Gasteiger partial charge is 0.465 e. The van der Waals surface area contributed by atoms with Gasteiger partial charge in [-0.1, -0.05) is 17.7 Å². The summed E-state index contributed by atoms with van der Waals surface area (Å²) in [6.45, 7) is 2.02. The lowest BCUT2D eigenvalue weighted by atomic mass is 10.2. The Balaban J connectivity index is 1.69. The summed E-state index contributed by atoms with van der Waals surface area (Å²) in [5.41, 5.74) is 3.53. The number of carbonyl (C=O) groups is 2. The molecule has 0 fully saturated rings. The van der Waals surface area contributed by atoms with Crippen molar-refractivity contribution in [2.45, 2.75) is 6.92 Å². The van der Waals surface area contributed by atoms with Gasteiger partial charge < -0.3 is 15.4 Å². The number of benzene rings is 2. The lowest BCUT2D eigenvalue weighted by Crippen LogP contribution is -2.12. The molecule has 136 valence electrons. The zero-order valence-corrected chi connectivity index (χ0v) is 15.0. The number of aromatic nitrogens is 1. The zero-order valence-electron chi connectivity index (χ0n) is 15.0. The van der Waals surface area contributed by atoms with E-state index in [-0.39, 0.29) is 5.91 Å². The Morgan fingerprint density at radius 2 is 1.56 bits per heavy atom. The molecular weight excluding hydrogens is 342 g/mol. The molecule has 0 radical (unpaired) electrons. The highest BCUT2D eigenvalue weighted by Crippen LogP contribution is 2.17. The maximum absolute atomic E-state index is 12.5. The van der Waals surface area contributed by atoms with Gasteiger partial charge in [0, 0.05) is 23.1 Å². The van der Waals surface area contributed by atoms with Crippen LogP contribution in [0.4, 0.5) is 17.2 Å². The topological polar surface area (TPSA) is 80.3 Å². The smallest absolute Gasteiger partial charge is 0.337 e. The first-order valence-corrected chi connectivity index (χ1v) is 8.34. The Hall–Kier alpha value is -3.67. The molecule has 1 heterocycles. The van der Waals surface area contributed by atoms with Gasteiger partial charge in [-0.2, -0.15) is 0 Å². The highest BCUT2D eigenvalue weighted by atomic mass is 16.5. The summed E-state index contributed by atoms with van der Waals surface area (Å²) < 4.78 is 4.65. The van der Waals surface area contributed by atoms with Crippen LogP contribution in [0.15, 0.2) is 66.9 Å². The number of amides is 1. The van der Waals surface area contributed by atoms with E-state index in [1.165, 1.54) is 12.7 Å². The predicted octanol–water partition coefficient (Wildman–Crippen LogP) is 4.17. The van der Waals surface area contributed by atoms with Gasteiger partial charge >= 0.3 is 5.97 Å². The third-order valence-corrected chi connectivity index (χ3v) is 3.91. The molecule has 0 aliphatic heterocycles. The molecule has 2 aromatic carbocycles. The molecule has 0 bridgehead atoms. The number of aryl methyl sites for hydroxylation is 1. The van der Waals surface area contributed by atoms with Crippen molar-refractivity contribution in [1.29, 1.82) is 0 Å². The van der Waals surface area contributed by atoms with E-state index in [0.29, 0.717) is 22.6 Å². The highest BCUT2D eigenvalue weighted by molar-refractivity contribution is 6.04. The molecule has 3 aromatic rings. The van der Waals surface area contributed by atoms with Crippen LogP contribution in [0.2, 0.25) is 0 Å². The van der Waals surface area contributed by atoms with Crippen molar-refractivity contribution in [2.24, 2.45) is 0 Å². The molecule has 0 atom stereocenters. The first-order valence-electron chi connectivity index (χ1n) is 8.34. The molecule has 1 aromatic heterocycles. The first-order chi connectivity index (χ1) is 13.0. The Kier molecular flexibility index (Phi) is 5.47. The first kappa shape index (κ1) is 18.1. The monoisotopic (exact) mass is 361 g/mol. The van der Waals surface area contributed by atoms with Crippen LogP contribution in [0.25, 0.3) is 0 Å². The molecule has 3 rings (SSSR count). The number of carbonyl (C=O) groups excluding carboxylic acids is 2. The summed E-state index contributed by atoms with van der Waals surface area (Å²) in [6, 6.07) is 17.7. The van der Waals surface area contributed by atoms with Crippen LogP contribution in [-0.4, -0.2) is 24.0 Å². The van der Waals surface area contributed by atoms with E-state index in [1.54, 1.807) is 42.6 Å². The van der Waals surface area contributed by atoms with E-state index < -0.39 is 5.97 Å². The van der Waals surface area contributed by atoms with Gasteiger partial charge in [0.2, 0.25) is 0 Å². The van der Waals surface area contributed by atoms with Gasteiger partial charge in [-0.3, -0.25) is 4.79 Å². The third kappa shape index (κ3) is 4.70. The van der Waals surface area contributed by atoms with Gasteiger partial charge in [0.1, 0.15) is 5.82 Å². The minimum absolute atomic E-state index is 0.268. The van der Waals surface area contributed by atoms with Crippen molar-refractivity contribution in [3.8, 4) is 0 Å². The number of nitrogens with one attached hydrogen (secondary N) is 2. The molecule has 0 saturated carbocycles. The van der Waals surface area contributed by atoms with Crippen LogP contribution in [0.5, 0.6) is 0 Å². The van der Waals surface area contributed by atoms with Crippen LogP contribution < -0.4 is 10.6 Å². The van der Waals surface area contributed by atoms with Crippen LogP contribution in [0, 0.1) is 6.92 Å². The summed E-state index contributed by atoms with van der Waals surface area (Å²) >= 11 is 0. The number of anilines is 3. The second kappa shape index (κ2) is 8.14. The Labute approximate surface area is 157 Å². The molecule has 2 N–H and O–H groups in total. The van der Waals surface area contributed by atoms with Gasteiger partial charge in [0.25, 0.3) is 5.91 Å². The molecule has 0 saturated heterocycles. The second-order valence-electron chi connectivity index (χ2n) is 5.94. The van der Waals surface area contributed by atoms with E-state index in [9.17, 15) is 9.59 Å². The lowest BCUT2D eigenvalue weighted by Gasteiger charge is -2.09. The summed E-state index contributed by atoms with van der Waals surface area (Å²) in [4.78, 5) is 28.2. The number of methoxy groups -OCH3 is 1. The maximum Gasteiger partial charge on any atom is 0.337 e. The number of rotatable bonds is 5. The van der Waals surface area contributed by atoms with E-state index >= 15 is 0 Å². The van der Waals surface area contributed by atoms with E-state index in [0.717, 1.165) is 5.69 Å². The molecule has 0 aliphatic carbocycles. The summed E-state index contributed by atoms with van der Waals surface area (Å²) in [5.74, 6) is -0.114. The van der Waals surface area contributed by atoms with Gasteiger partial charge in [-0.05, 0) is 55.5 Å². The molecular formula is C21H19N3O3. The molecule has 0 aliphatic rings. The fraction of sp³-hybridized carbons (Fsp3) is 0.0952. The van der Waals surface area contributed by atoms with Crippen molar-refractivity contribution in [1.82, 2.24) is 4.98 Å². The summed E-state index contributed by atoms with van der Waals surface area (Å²) in [7, 11) is 1.32. The van der Waals surface area contributed by atoms with Crippen molar-refractivity contribution >= 4 is 29.1 Å². The number of nitrogens with zero attached hydrogens (tertiary/aromatic N) is 1. The fourth-order valence-electron chi connectivity index (χ4n) is 2.44. The average molecular weight is 361 g/mol. The molecule has 1 amide bonds. The molecule has 0 spiro atoms. The van der Waals surface area contributed by atoms with Gasteiger partial charge in [0.05, 0.1) is 12.7 Å². The summed E-state index contributed by atoms with van der Waals surface area (Å²) in [6.07, 6.45) is 1.58. The number of hydrogen-bond donors (Lipinski definition) is 2. The Bertz CT molecular complexity index is 951. The second-order valence-corrected chi connectivity index (χ2v) is 5.94. The van der Waals surface area contributed by atoms with E-state index in [2.05, 4.69) is 20.4 Å². The minimum atomic E-state index is -0.422. The molecule has 0 unspecified atom stereocenters. The van der Waals surface area contributed by atoms with Crippen LogP contribution >= 0.6 is 0 Å². The number of esters is 1. The van der Waals surface area contributed by atoms with Crippen LogP contribution in [0.1, 0.15) is 26.3 Å². The van der Waals surface area contributed by atoms with Crippen molar-refractivity contribution in [2.75, 3.05) is 17.7 Å². The van der Waals surface area contributed by atoms with Crippen molar-refractivity contribution in [3.05, 3.63) is 83.6 Å². The summed E-state index contributed by atoms with van der Waals surface area (Å²) in [5, 5.41) is 5.97. The number of pyridine rings is 1. The lowest BCUT2D eigenvalue weighted by molar-refractivity contribution is 0.0600. The van der Waals surface area contributed by atoms with Gasteiger partial charge in [-0.25, -0.2) is 9.78 Å². The van der Waals surface area contributed by atoms with Gasteiger partial charge in [0.15, 0.2) is 0 Å². The normalized spacial score (nSPS) is 10.1. The Morgan fingerprint density at radius 3 is 2.22 bits per heavy atom. The highest BCUT2D eigenvalue weighted by Gasteiger charge is 2.09. The standard InChI is InChI=1S/C21H19N3O3/c1-14-3-7-17(8-4-14)23-19-13-16(11-12-22-19)20(25)24-18-9-5-15(6-10-18)21(26)27-2/h3-13H,1-2H3,(H,22,23)(H,24,25). The minimum Gasteiger partial charge on any atom is -0.465 e. The SMILES string of the molecule is COC(=O)c1ccc(NC(=O)c2ccnc(Nc3ccc(C)cc3)c2)cc1. The molecule has 27 heavy (non-hydrogen) atoms. The van der Waals surface area contributed by atoms with Crippen LogP contribution in [0.3, 0.4) is 0 Å². The third-order valence-electron chi connectivity index (χ3n) is 3.91. The van der Waals surface area contributed by atoms with Crippen molar-refractivity contribution < 1.29 is 14.3 Å². The van der Waals surface area contributed by atoms with Crippen molar-refractivity contribution in [3.63, 3.8) is 0 Å². The fourth-order valence-corrected chi connectivity index (χ4v) is 2.44. The molecule has 6 nitrogen and oxygen atoms in total. The number of ether oxygens (including phenoxy) is 1. The van der Waals surface area contributed by atoms with E-state index in [4.69, 9.17) is 0 Å². The predicted molar refractivity (Wildman–Crippen MR) is 104 cm³/mol. The quantitative estimate of drug-likeness (QED) is 0.667. The van der Waals surface area contributed by atoms with Gasteiger partial charge in [-0.15, -0.1) is 0 Å². The zero-order chi connectivity index (χ0) is 19.2. The maximum atomic E-state index is 12.5. The van der Waals surface area contributed by atoms with E-state index in [1.807, 2.05) is 31.2 Å². The molecule has 6 heteroatoms. The van der Waals surface area contributed by atoms with Crippen LogP contribution in [-0.2, 0) is 4.74 Å². The Morgan fingerprint density at radius 1 is 0.889 bits per heavy atom. The average Bonchev–Trinajstić information content (AvgIpc) is 2.70.